The van der Waals surface area contributed by atoms with E-state index in [4.69, 9.17) is 0 Å². The highest BCUT2D eigenvalue weighted by atomic mass is 32.2. The molecular weight excluding hydrogens is 256 g/mol. The van der Waals surface area contributed by atoms with Crippen LogP contribution in [0, 0.1) is 0 Å². The van der Waals surface area contributed by atoms with E-state index in [1.165, 1.54) is 25.0 Å². The minimum atomic E-state index is 0.733. The molecule has 1 fully saturated rings. The number of nitrogens with one attached hydrogen (secondary N) is 2. The van der Waals surface area contributed by atoms with E-state index in [-0.39, 0.29) is 0 Å². The molecule has 0 radical (unpaired) electrons. The zero-order valence-electron chi connectivity index (χ0n) is 11.9. The lowest BCUT2D eigenvalue weighted by atomic mass is 10.2. The molecule has 0 aliphatic carbocycles. The highest BCUT2D eigenvalue weighted by Gasteiger charge is 2.14. The summed E-state index contributed by atoms with van der Waals surface area (Å²) in [6.07, 6.45) is 4.93. The van der Waals surface area contributed by atoms with Gasteiger partial charge in [-0.15, -0.1) is 0 Å². The second kappa shape index (κ2) is 7.58. The molecule has 1 saturated heterocycles. The monoisotopic (exact) mass is 280 g/mol. The van der Waals surface area contributed by atoms with Crippen molar-refractivity contribution in [1.82, 2.24) is 9.97 Å². The van der Waals surface area contributed by atoms with Gasteiger partial charge in [0, 0.05) is 30.8 Å². The van der Waals surface area contributed by atoms with Crippen molar-refractivity contribution in [1.29, 1.82) is 0 Å². The number of hydrogen-bond acceptors (Lipinski definition) is 5. The molecule has 1 aliphatic rings. The van der Waals surface area contributed by atoms with Crippen LogP contribution in [-0.4, -0.2) is 34.1 Å². The summed E-state index contributed by atoms with van der Waals surface area (Å²) in [5.41, 5.74) is 0. The number of nitrogens with zero attached hydrogens (tertiary/aromatic N) is 2. The summed E-state index contributed by atoms with van der Waals surface area (Å²) in [6.45, 7) is 6.07. The molecular formula is C14H24N4S. The third kappa shape index (κ3) is 4.56. The Morgan fingerprint density at radius 3 is 2.63 bits per heavy atom. The standard InChI is InChI=1S/C14H24N4S/c1-3-12-17-13(15-4-2)9-14(18-12)16-10-11-7-5-6-8-19-11/h9,11H,3-8,10H2,1-2H3,(H2,15,16,17,18). The Morgan fingerprint density at radius 1 is 1.21 bits per heavy atom. The Labute approximate surface area is 120 Å². The molecule has 1 aromatic rings. The van der Waals surface area contributed by atoms with Crippen molar-refractivity contribution in [3.05, 3.63) is 11.9 Å². The first-order valence-corrected chi connectivity index (χ1v) is 8.34. The first-order chi connectivity index (χ1) is 9.31. The van der Waals surface area contributed by atoms with Crippen LogP contribution in [0.5, 0.6) is 0 Å². The maximum absolute atomic E-state index is 4.55. The molecule has 0 bridgehead atoms. The molecule has 1 atom stereocenters. The third-order valence-electron chi connectivity index (χ3n) is 3.23. The van der Waals surface area contributed by atoms with E-state index in [0.29, 0.717) is 0 Å². The number of aromatic nitrogens is 2. The zero-order valence-corrected chi connectivity index (χ0v) is 12.7. The summed E-state index contributed by atoms with van der Waals surface area (Å²) >= 11 is 2.09. The fourth-order valence-electron chi connectivity index (χ4n) is 2.20. The number of hydrogen-bond donors (Lipinski definition) is 2. The van der Waals surface area contributed by atoms with E-state index in [0.717, 1.165) is 42.2 Å². The van der Waals surface area contributed by atoms with E-state index < -0.39 is 0 Å². The summed E-state index contributed by atoms with van der Waals surface area (Å²) in [6, 6.07) is 2.01. The highest BCUT2D eigenvalue weighted by molar-refractivity contribution is 7.99. The second-order valence-electron chi connectivity index (χ2n) is 4.81. The van der Waals surface area contributed by atoms with Crippen molar-refractivity contribution in [2.24, 2.45) is 0 Å². The van der Waals surface area contributed by atoms with Gasteiger partial charge in [0.1, 0.15) is 17.5 Å². The van der Waals surface area contributed by atoms with Crippen molar-refractivity contribution in [2.45, 2.75) is 44.8 Å². The smallest absolute Gasteiger partial charge is 0.132 e. The Kier molecular flexibility index (Phi) is 5.76. The average Bonchev–Trinajstić information content (AvgIpc) is 2.46. The maximum Gasteiger partial charge on any atom is 0.132 e. The van der Waals surface area contributed by atoms with Gasteiger partial charge in [0.05, 0.1) is 0 Å². The van der Waals surface area contributed by atoms with Crippen LogP contribution in [-0.2, 0) is 6.42 Å². The molecule has 4 nitrogen and oxygen atoms in total. The van der Waals surface area contributed by atoms with Crippen LogP contribution in [0.4, 0.5) is 11.6 Å². The molecule has 19 heavy (non-hydrogen) atoms. The van der Waals surface area contributed by atoms with Gasteiger partial charge in [0.25, 0.3) is 0 Å². The lowest BCUT2D eigenvalue weighted by Gasteiger charge is -2.21. The first kappa shape index (κ1) is 14.4. The average molecular weight is 280 g/mol. The molecule has 1 aliphatic heterocycles. The Balaban J connectivity index is 1.95. The largest absolute Gasteiger partial charge is 0.370 e. The Bertz CT molecular complexity index is 391. The van der Waals surface area contributed by atoms with Gasteiger partial charge in [0.15, 0.2) is 0 Å². The molecule has 106 valence electrons. The summed E-state index contributed by atoms with van der Waals surface area (Å²) in [5.74, 6) is 4.08. The maximum atomic E-state index is 4.55. The summed E-state index contributed by atoms with van der Waals surface area (Å²) < 4.78 is 0. The van der Waals surface area contributed by atoms with Gasteiger partial charge >= 0.3 is 0 Å². The highest BCUT2D eigenvalue weighted by Crippen LogP contribution is 2.25. The van der Waals surface area contributed by atoms with Crippen LogP contribution >= 0.6 is 11.8 Å². The van der Waals surface area contributed by atoms with Gasteiger partial charge in [-0.3, -0.25) is 0 Å². The van der Waals surface area contributed by atoms with Gasteiger partial charge in [-0.2, -0.15) is 11.8 Å². The number of aryl methyl sites for hydroxylation is 1. The summed E-state index contributed by atoms with van der Waals surface area (Å²) in [7, 11) is 0. The molecule has 2 N–H and O–H groups in total. The predicted molar refractivity (Wildman–Crippen MR) is 84.2 cm³/mol. The van der Waals surface area contributed by atoms with Gasteiger partial charge in [-0.25, -0.2) is 9.97 Å². The van der Waals surface area contributed by atoms with Gasteiger partial charge in [-0.1, -0.05) is 13.3 Å². The molecule has 1 unspecified atom stereocenters. The van der Waals surface area contributed by atoms with Gasteiger partial charge in [-0.05, 0) is 25.5 Å². The number of anilines is 2. The minimum Gasteiger partial charge on any atom is -0.370 e. The van der Waals surface area contributed by atoms with E-state index in [9.17, 15) is 0 Å². The lowest BCUT2D eigenvalue weighted by molar-refractivity contribution is 0.676. The van der Waals surface area contributed by atoms with E-state index in [1.54, 1.807) is 0 Å². The van der Waals surface area contributed by atoms with Crippen LogP contribution in [0.15, 0.2) is 6.07 Å². The molecule has 0 saturated carbocycles. The SMILES string of the molecule is CCNc1cc(NCC2CCCCS2)nc(CC)n1. The fraction of sp³-hybridized carbons (Fsp3) is 0.714. The van der Waals surface area contributed by atoms with Gasteiger partial charge < -0.3 is 10.6 Å². The molecule has 0 aromatic carbocycles. The van der Waals surface area contributed by atoms with Crippen LogP contribution in [0.25, 0.3) is 0 Å². The van der Waals surface area contributed by atoms with Crippen LogP contribution in [0.1, 0.15) is 38.9 Å². The number of rotatable bonds is 6. The predicted octanol–water partition coefficient (Wildman–Crippen LogP) is 3.17. The zero-order chi connectivity index (χ0) is 13.5. The van der Waals surface area contributed by atoms with E-state index in [2.05, 4.69) is 46.2 Å². The third-order valence-corrected chi connectivity index (χ3v) is 4.63. The summed E-state index contributed by atoms with van der Waals surface area (Å²) in [5, 5.41) is 7.47. The van der Waals surface area contributed by atoms with Crippen molar-refractivity contribution in [2.75, 3.05) is 29.5 Å². The topological polar surface area (TPSA) is 49.8 Å². The second-order valence-corrected chi connectivity index (χ2v) is 6.22. The molecule has 2 rings (SSSR count). The van der Waals surface area contributed by atoms with Crippen molar-refractivity contribution in [3.63, 3.8) is 0 Å². The Hall–Kier alpha value is -0.970. The molecule has 2 heterocycles. The number of thioether (sulfide) groups is 1. The minimum absolute atomic E-state index is 0.733. The molecule has 1 aromatic heterocycles. The van der Waals surface area contributed by atoms with E-state index >= 15 is 0 Å². The lowest BCUT2D eigenvalue weighted by Crippen LogP contribution is -2.21. The molecule has 0 spiro atoms. The molecule has 5 heteroatoms. The van der Waals surface area contributed by atoms with Crippen LogP contribution in [0.2, 0.25) is 0 Å². The first-order valence-electron chi connectivity index (χ1n) is 7.29. The van der Waals surface area contributed by atoms with Crippen molar-refractivity contribution < 1.29 is 0 Å². The van der Waals surface area contributed by atoms with Crippen molar-refractivity contribution in [3.8, 4) is 0 Å². The van der Waals surface area contributed by atoms with Gasteiger partial charge in [0.2, 0.25) is 0 Å². The Morgan fingerprint density at radius 2 is 2.00 bits per heavy atom. The molecule has 0 amide bonds. The van der Waals surface area contributed by atoms with Crippen LogP contribution in [0.3, 0.4) is 0 Å². The normalized spacial score (nSPS) is 19.2. The fourth-order valence-corrected chi connectivity index (χ4v) is 3.44. The quantitative estimate of drug-likeness (QED) is 0.838. The van der Waals surface area contributed by atoms with Crippen molar-refractivity contribution >= 4 is 23.4 Å². The van der Waals surface area contributed by atoms with Crippen LogP contribution < -0.4 is 10.6 Å². The van der Waals surface area contributed by atoms with E-state index in [1.807, 2.05) is 6.07 Å². The summed E-state index contributed by atoms with van der Waals surface area (Å²) in [4.78, 5) is 9.02.